The molecule has 0 aliphatic heterocycles. The van der Waals surface area contributed by atoms with Crippen molar-refractivity contribution in [3.8, 4) is 5.69 Å². The van der Waals surface area contributed by atoms with Crippen LogP contribution in [0, 0.1) is 6.92 Å². The van der Waals surface area contributed by atoms with Crippen LogP contribution in [0.3, 0.4) is 0 Å². The smallest absolute Gasteiger partial charge is 0.0497 e. The van der Waals surface area contributed by atoms with E-state index in [0.29, 0.717) is 5.88 Å². The van der Waals surface area contributed by atoms with Crippen LogP contribution in [0.25, 0.3) is 5.69 Å². The van der Waals surface area contributed by atoms with Gasteiger partial charge in [-0.05, 0) is 36.2 Å². The lowest BCUT2D eigenvalue weighted by Crippen LogP contribution is -1.97. The van der Waals surface area contributed by atoms with Gasteiger partial charge in [0.25, 0.3) is 0 Å². The highest BCUT2D eigenvalue weighted by molar-refractivity contribution is 6.17. The predicted octanol–water partition coefficient (Wildman–Crippen LogP) is 3.52. The van der Waals surface area contributed by atoms with E-state index < -0.39 is 0 Å². The van der Waals surface area contributed by atoms with Crippen molar-refractivity contribution in [1.82, 2.24) is 4.57 Å². The minimum atomic E-state index is 0.556. The maximum atomic E-state index is 5.94. The van der Waals surface area contributed by atoms with Crippen LogP contribution in [0.15, 0.2) is 42.7 Å². The first-order chi connectivity index (χ1) is 6.83. The number of halogens is 1. The third kappa shape index (κ3) is 1.55. The Labute approximate surface area is 88.9 Å². The van der Waals surface area contributed by atoms with Crippen molar-refractivity contribution in [3.63, 3.8) is 0 Å². The molecule has 14 heavy (non-hydrogen) atoms. The lowest BCUT2D eigenvalue weighted by atomic mass is 10.1. The number of hydrogen-bond acceptors (Lipinski definition) is 0. The largest absolute Gasteiger partial charge is 0.324 e. The van der Waals surface area contributed by atoms with E-state index in [9.17, 15) is 0 Å². The number of rotatable bonds is 2. The first kappa shape index (κ1) is 9.35. The third-order valence-corrected chi connectivity index (χ3v) is 2.67. The second-order valence-electron chi connectivity index (χ2n) is 3.30. The highest BCUT2D eigenvalue weighted by Gasteiger charge is 2.04. The summed E-state index contributed by atoms with van der Waals surface area (Å²) in [7, 11) is 0. The molecule has 0 fully saturated rings. The first-order valence-electron chi connectivity index (χ1n) is 4.60. The fourth-order valence-electron chi connectivity index (χ4n) is 1.60. The summed E-state index contributed by atoms with van der Waals surface area (Å²) in [5.41, 5.74) is 3.61. The molecule has 2 aromatic rings. The van der Waals surface area contributed by atoms with E-state index in [1.165, 1.54) is 16.8 Å². The van der Waals surface area contributed by atoms with Crippen molar-refractivity contribution in [3.05, 3.63) is 53.9 Å². The molecule has 2 heteroatoms. The van der Waals surface area contributed by atoms with Gasteiger partial charge in [0, 0.05) is 24.0 Å². The summed E-state index contributed by atoms with van der Waals surface area (Å²) in [5, 5.41) is 0. The molecule has 1 nitrogen and oxygen atoms in total. The Morgan fingerprint density at radius 1 is 1.14 bits per heavy atom. The van der Waals surface area contributed by atoms with Crippen LogP contribution in [0.4, 0.5) is 0 Å². The summed E-state index contributed by atoms with van der Waals surface area (Å²) < 4.78 is 2.09. The number of aromatic nitrogens is 1. The van der Waals surface area contributed by atoms with Crippen LogP contribution < -0.4 is 0 Å². The molecule has 0 saturated heterocycles. The maximum Gasteiger partial charge on any atom is 0.0497 e. The molecular formula is C12H12ClN. The van der Waals surface area contributed by atoms with Crippen LogP contribution >= 0.6 is 11.6 Å². The molecule has 0 amide bonds. The van der Waals surface area contributed by atoms with E-state index in [4.69, 9.17) is 11.6 Å². The van der Waals surface area contributed by atoms with Gasteiger partial charge >= 0.3 is 0 Å². The lowest BCUT2D eigenvalue weighted by Gasteiger charge is -2.10. The number of aryl methyl sites for hydroxylation is 1. The predicted molar refractivity (Wildman–Crippen MR) is 60.1 cm³/mol. The van der Waals surface area contributed by atoms with Crippen molar-refractivity contribution in [1.29, 1.82) is 0 Å². The van der Waals surface area contributed by atoms with E-state index in [-0.39, 0.29) is 0 Å². The van der Waals surface area contributed by atoms with Gasteiger partial charge in [0.1, 0.15) is 0 Å². The summed E-state index contributed by atoms with van der Waals surface area (Å²) in [4.78, 5) is 0. The molecule has 2 rings (SSSR count). The third-order valence-electron chi connectivity index (χ3n) is 2.40. The molecule has 0 unspecified atom stereocenters. The molecule has 0 atom stereocenters. The van der Waals surface area contributed by atoms with Gasteiger partial charge in [-0.2, -0.15) is 0 Å². The van der Waals surface area contributed by atoms with Crippen LogP contribution in [0.1, 0.15) is 11.1 Å². The van der Waals surface area contributed by atoms with E-state index in [0.717, 1.165) is 0 Å². The molecule has 0 radical (unpaired) electrons. The van der Waals surface area contributed by atoms with Gasteiger partial charge in [-0.1, -0.05) is 12.1 Å². The fourth-order valence-corrected chi connectivity index (χ4v) is 1.95. The summed E-state index contributed by atoms with van der Waals surface area (Å²) in [6.45, 7) is 2.09. The summed E-state index contributed by atoms with van der Waals surface area (Å²) in [6.07, 6.45) is 4.07. The van der Waals surface area contributed by atoms with Gasteiger partial charge in [-0.25, -0.2) is 0 Å². The van der Waals surface area contributed by atoms with Crippen molar-refractivity contribution in [2.75, 3.05) is 0 Å². The number of nitrogens with zero attached hydrogens (tertiary/aromatic N) is 1. The number of hydrogen-bond donors (Lipinski definition) is 0. The quantitative estimate of drug-likeness (QED) is 0.662. The molecule has 0 saturated carbocycles. The standard InChI is InChI=1S/C12H12ClN/c1-10-5-4-6-12(11(10)9-13)14-7-2-3-8-14/h2-8H,9H2,1H3. The SMILES string of the molecule is Cc1cccc(-n2cccc2)c1CCl. The molecule has 72 valence electrons. The van der Waals surface area contributed by atoms with E-state index in [2.05, 4.69) is 29.7 Å². The van der Waals surface area contributed by atoms with Crippen LogP contribution in [-0.2, 0) is 5.88 Å². The average molecular weight is 206 g/mol. The Balaban J connectivity index is 2.58. The molecule has 0 spiro atoms. The van der Waals surface area contributed by atoms with Crippen LogP contribution in [0.5, 0.6) is 0 Å². The van der Waals surface area contributed by atoms with Gasteiger partial charge in [0.2, 0.25) is 0 Å². The van der Waals surface area contributed by atoms with Crippen molar-refractivity contribution >= 4 is 11.6 Å². The van der Waals surface area contributed by atoms with Gasteiger partial charge in [0.15, 0.2) is 0 Å². The van der Waals surface area contributed by atoms with Crippen LogP contribution in [0.2, 0.25) is 0 Å². The Hall–Kier alpha value is -1.21. The van der Waals surface area contributed by atoms with Gasteiger partial charge in [-0.3, -0.25) is 0 Å². The highest BCUT2D eigenvalue weighted by atomic mass is 35.5. The summed E-state index contributed by atoms with van der Waals surface area (Å²) >= 11 is 5.94. The molecule has 0 aliphatic carbocycles. The Kier molecular flexibility index (Phi) is 2.60. The molecular weight excluding hydrogens is 194 g/mol. The van der Waals surface area contributed by atoms with Crippen molar-refractivity contribution in [2.45, 2.75) is 12.8 Å². The molecule has 1 heterocycles. The Morgan fingerprint density at radius 2 is 1.86 bits per heavy atom. The first-order valence-corrected chi connectivity index (χ1v) is 5.14. The minimum Gasteiger partial charge on any atom is -0.324 e. The summed E-state index contributed by atoms with van der Waals surface area (Å²) in [5.74, 6) is 0.556. The topological polar surface area (TPSA) is 4.93 Å². The zero-order valence-corrected chi connectivity index (χ0v) is 8.83. The zero-order chi connectivity index (χ0) is 9.97. The van der Waals surface area contributed by atoms with Gasteiger partial charge in [0.05, 0.1) is 0 Å². The van der Waals surface area contributed by atoms with Crippen molar-refractivity contribution < 1.29 is 0 Å². The number of alkyl halides is 1. The molecule has 1 aromatic heterocycles. The van der Waals surface area contributed by atoms with Crippen molar-refractivity contribution in [2.24, 2.45) is 0 Å². The Morgan fingerprint density at radius 3 is 2.50 bits per heavy atom. The van der Waals surface area contributed by atoms with Crippen LogP contribution in [-0.4, -0.2) is 4.57 Å². The molecule has 0 aliphatic rings. The minimum absolute atomic E-state index is 0.556. The summed E-state index contributed by atoms with van der Waals surface area (Å²) in [6, 6.07) is 10.3. The second-order valence-corrected chi connectivity index (χ2v) is 3.56. The highest BCUT2D eigenvalue weighted by Crippen LogP contribution is 2.20. The fraction of sp³-hybridized carbons (Fsp3) is 0.167. The molecule has 0 N–H and O–H groups in total. The van der Waals surface area contributed by atoms with Gasteiger partial charge in [-0.15, -0.1) is 11.6 Å². The van der Waals surface area contributed by atoms with E-state index in [1.807, 2.05) is 24.5 Å². The zero-order valence-electron chi connectivity index (χ0n) is 8.07. The van der Waals surface area contributed by atoms with E-state index in [1.54, 1.807) is 0 Å². The molecule has 1 aromatic carbocycles. The Bertz CT molecular complexity index is 418. The maximum absolute atomic E-state index is 5.94. The van der Waals surface area contributed by atoms with Gasteiger partial charge < -0.3 is 4.57 Å². The lowest BCUT2D eigenvalue weighted by molar-refractivity contribution is 1.05. The monoisotopic (exact) mass is 205 g/mol. The second kappa shape index (κ2) is 3.89. The number of benzene rings is 1. The normalized spacial score (nSPS) is 10.4. The molecule has 0 bridgehead atoms. The average Bonchev–Trinajstić information content (AvgIpc) is 2.70. The van der Waals surface area contributed by atoms with E-state index >= 15 is 0 Å².